The monoisotopic (exact) mass is 341 g/mol. The highest BCUT2D eigenvalue weighted by Crippen LogP contribution is 2.49. The van der Waals surface area contributed by atoms with Gasteiger partial charge >= 0.3 is 0 Å². The van der Waals surface area contributed by atoms with Gasteiger partial charge in [-0.15, -0.1) is 0 Å². The number of benzene rings is 1. The number of carbonyl (C=O) groups is 1. The molecule has 1 heterocycles. The van der Waals surface area contributed by atoms with E-state index >= 15 is 0 Å². The molecule has 0 radical (unpaired) electrons. The van der Waals surface area contributed by atoms with Crippen molar-refractivity contribution >= 4 is 5.91 Å². The van der Waals surface area contributed by atoms with Crippen molar-refractivity contribution in [3.63, 3.8) is 0 Å². The molecule has 1 aromatic rings. The summed E-state index contributed by atoms with van der Waals surface area (Å²) in [7, 11) is 0. The van der Waals surface area contributed by atoms with Gasteiger partial charge in [0.05, 0.1) is 5.60 Å². The number of hydrogen-bond donors (Lipinski definition) is 1. The van der Waals surface area contributed by atoms with Crippen molar-refractivity contribution in [1.82, 2.24) is 4.90 Å². The molecule has 3 nitrogen and oxygen atoms in total. The maximum absolute atomic E-state index is 12.5. The molecule has 0 atom stereocenters. The molecule has 2 saturated carbocycles. The van der Waals surface area contributed by atoms with Gasteiger partial charge in [0, 0.05) is 24.4 Å². The van der Waals surface area contributed by atoms with Gasteiger partial charge in [-0.05, 0) is 81.9 Å². The molecule has 2 aliphatic carbocycles. The molecular formula is C22H31NO2. The van der Waals surface area contributed by atoms with Crippen molar-refractivity contribution in [2.45, 2.75) is 70.8 Å². The summed E-state index contributed by atoms with van der Waals surface area (Å²) in [4.78, 5) is 14.5. The third kappa shape index (κ3) is 3.12. The summed E-state index contributed by atoms with van der Waals surface area (Å²) in [5.41, 5.74) is 4.06. The zero-order valence-corrected chi connectivity index (χ0v) is 15.8. The lowest BCUT2D eigenvalue weighted by Crippen LogP contribution is -2.62. The lowest BCUT2D eigenvalue weighted by atomic mass is 9.63. The predicted octanol–water partition coefficient (Wildman–Crippen LogP) is 3.95. The fourth-order valence-corrected chi connectivity index (χ4v) is 5.25. The molecule has 4 rings (SSSR count). The summed E-state index contributed by atoms with van der Waals surface area (Å²) >= 11 is 0. The minimum atomic E-state index is -0.604. The molecule has 3 aliphatic rings. The summed E-state index contributed by atoms with van der Waals surface area (Å²) in [5, 5.41) is 9.85. The normalized spacial score (nSPS) is 31.5. The maximum Gasteiger partial charge on any atom is 0.225 e. The number of nitrogens with zero attached hydrogens (tertiary/aromatic N) is 1. The van der Waals surface area contributed by atoms with E-state index in [-0.39, 0.29) is 11.8 Å². The minimum Gasteiger partial charge on any atom is -0.390 e. The van der Waals surface area contributed by atoms with Crippen LogP contribution in [0.1, 0.15) is 68.1 Å². The van der Waals surface area contributed by atoms with Gasteiger partial charge in [-0.2, -0.15) is 0 Å². The third-order valence-corrected chi connectivity index (χ3v) is 7.13. The molecule has 0 unspecified atom stereocenters. The summed E-state index contributed by atoms with van der Waals surface area (Å²) in [6.45, 7) is 8.11. The minimum absolute atomic E-state index is 0.0687. The van der Waals surface area contributed by atoms with E-state index in [0.717, 1.165) is 13.1 Å². The average molecular weight is 341 g/mol. The lowest BCUT2D eigenvalue weighted by Gasteiger charge is -2.55. The number of rotatable bonds is 2. The van der Waals surface area contributed by atoms with Crippen molar-refractivity contribution in [1.29, 1.82) is 0 Å². The van der Waals surface area contributed by atoms with Gasteiger partial charge in [-0.3, -0.25) is 4.79 Å². The first-order valence-electron chi connectivity index (χ1n) is 9.85. The number of hydrogen-bond acceptors (Lipinski definition) is 2. The van der Waals surface area contributed by atoms with Crippen LogP contribution >= 0.6 is 0 Å². The van der Waals surface area contributed by atoms with Crippen molar-refractivity contribution in [3.8, 4) is 0 Å². The molecule has 1 aromatic carbocycles. The van der Waals surface area contributed by atoms with E-state index < -0.39 is 5.60 Å². The quantitative estimate of drug-likeness (QED) is 0.885. The summed E-state index contributed by atoms with van der Waals surface area (Å²) in [5.74, 6) is 1.05. The van der Waals surface area contributed by atoms with E-state index in [4.69, 9.17) is 0 Å². The molecule has 136 valence electrons. The van der Waals surface area contributed by atoms with E-state index in [1.54, 1.807) is 0 Å². The second kappa shape index (κ2) is 5.84. The number of carbonyl (C=O) groups excluding carboxylic acids is 1. The smallest absolute Gasteiger partial charge is 0.225 e. The Kier molecular flexibility index (Phi) is 3.99. The van der Waals surface area contributed by atoms with E-state index in [2.05, 4.69) is 36.9 Å². The SMILES string of the molecule is Cc1ccc(C2CCC3(CC2)CN(C(=O)[C@H]2C[C@@](C)(O)C2)C3)cc1C. The predicted molar refractivity (Wildman–Crippen MR) is 99.5 cm³/mol. The van der Waals surface area contributed by atoms with E-state index in [9.17, 15) is 9.90 Å². The Hall–Kier alpha value is -1.35. The zero-order valence-electron chi connectivity index (χ0n) is 15.8. The first kappa shape index (κ1) is 17.1. The molecule has 1 spiro atoms. The van der Waals surface area contributed by atoms with Crippen LogP contribution in [0.3, 0.4) is 0 Å². The molecule has 0 aromatic heterocycles. The van der Waals surface area contributed by atoms with Crippen LogP contribution in [0, 0.1) is 25.2 Å². The van der Waals surface area contributed by atoms with Crippen molar-refractivity contribution in [2.75, 3.05) is 13.1 Å². The summed E-state index contributed by atoms with van der Waals surface area (Å²) < 4.78 is 0. The summed E-state index contributed by atoms with van der Waals surface area (Å²) in [6, 6.07) is 6.94. The van der Waals surface area contributed by atoms with Crippen LogP contribution in [-0.4, -0.2) is 34.6 Å². The molecule has 25 heavy (non-hydrogen) atoms. The Morgan fingerprint density at radius 3 is 2.32 bits per heavy atom. The molecule has 3 heteroatoms. The average Bonchev–Trinajstić information content (AvgIpc) is 2.52. The Morgan fingerprint density at radius 1 is 1.12 bits per heavy atom. The van der Waals surface area contributed by atoms with Gasteiger partial charge in [-0.25, -0.2) is 0 Å². The van der Waals surface area contributed by atoms with Crippen LogP contribution in [0.15, 0.2) is 18.2 Å². The number of amides is 1. The van der Waals surface area contributed by atoms with Gasteiger partial charge in [-0.1, -0.05) is 18.2 Å². The Balaban J connectivity index is 1.30. The molecule has 1 saturated heterocycles. The van der Waals surface area contributed by atoms with Gasteiger partial charge in [0.25, 0.3) is 0 Å². The second-order valence-corrected chi connectivity index (χ2v) is 9.41. The maximum atomic E-state index is 12.5. The van der Waals surface area contributed by atoms with Gasteiger partial charge in [0.1, 0.15) is 0 Å². The fourth-order valence-electron chi connectivity index (χ4n) is 5.25. The van der Waals surface area contributed by atoms with Crippen molar-refractivity contribution in [2.24, 2.45) is 11.3 Å². The zero-order chi connectivity index (χ0) is 17.8. The first-order valence-corrected chi connectivity index (χ1v) is 9.85. The fraction of sp³-hybridized carbons (Fsp3) is 0.682. The van der Waals surface area contributed by atoms with Crippen LogP contribution in [0.5, 0.6) is 0 Å². The highest BCUT2D eigenvalue weighted by molar-refractivity contribution is 5.81. The lowest BCUT2D eigenvalue weighted by molar-refractivity contribution is -0.163. The molecule has 3 fully saturated rings. The van der Waals surface area contributed by atoms with Crippen LogP contribution in [0.25, 0.3) is 0 Å². The molecule has 0 bridgehead atoms. The van der Waals surface area contributed by atoms with Gasteiger partial charge in [0.15, 0.2) is 0 Å². The van der Waals surface area contributed by atoms with Crippen LogP contribution in [0.2, 0.25) is 0 Å². The van der Waals surface area contributed by atoms with Crippen LogP contribution in [0.4, 0.5) is 0 Å². The number of aryl methyl sites for hydroxylation is 2. The van der Waals surface area contributed by atoms with Crippen LogP contribution < -0.4 is 0 Å². The van der Waals surface area contributed by atoms with Crippen molar-refractivity contribution in [3.05, 3.63) is 34.9 Å². The summed E-state index contributed by atoms with van der Waals surface area (Å²) in [6.07, 6.45) is 6.28. The molecular weight excluding hydrogens is 310 g/mol. The van der Waals surface area contributed by atoms with Crippen LogP contribution in [-0.2, 0) is 4.79 Å². The number of aliphatic hydroxyl groups is 1. The standard InChI is InChI=1S/C22H31NO2/c1-15-4-5-18(10-16(15)2)17-6-8-22(9-7-17)13-23(14-22)20(24)19-11-21(3,25)12-19/h4-5,10,17,19,25H,6-9,11-14H2,1-3H3/t19-,21+. The van der Waals surface area contributed by atoms with Gasteiger partial charge < -0.3 is 10.0 Å². The highest BCUT2D eigenvalue weighted by Gasteiger charge is 2.51. The van der Waals surface area contributed by atoms with E-state index in [1.165, 1.54) is 42.4 Å². The Bertz CT molecular complexity index is 669. The van der Waals surface area contributed by atoms with Gasteiger partial charge in [0.2, 0.25) is 5.91 Å². The highest BCUT2D eigenvalue weighted by atomic mass is 16.3. The largest absolute Gasteiger partial charge is 0.390 e. The first-order chi connectivity index (χ1) is 11.8. The van der Waals surface area contributed by atoms with E-state index in [0.29, 0.717) is 24.2 Å². The molecule has 1 N–H and O–H groups in total. The number of likely N-dealkylation sites (tertiary alicyclic amines) is 1. The molecule has 1 aliphatic heterocycles. The Morgan fingerprint density at radius 2 is 1.76 bits per heavy atom. The Labute approximate surface area is 151 Å². The van der Waals surface area contributed by atoms with Crippen molar-refractivity contribution < 1.29 is 9.90 Å². The topological polar surface area (TPSA) is 40.5 Å². The van der Waals surface area contributed by atoms with E-state index in [1.807, 2.05) is 6.92 Å². The molecule has 1 amide bonds. The third-order valence-electron chi connectivity index (χ3n) is 7.13. The second-order valence-electron chi connectivity index (χ2n) is 9.41.